The molecule has 1 aromatic rings. The largest absolute Gasteiger partial charge is 0.494 e. The van der Waals surface area contributed by atoms with Gasteiger partial charge in [-0.1, -0.05) is 45.2 Å². The van der Waals surface area contributed by atoms with Gasteiger partial charge in [0.05, 0.1) is 6.61 Å². The smallest absolute Gasteiger partial charge is 0.119 e. The molecule has 1 heteroatoms. The van der Waals surface area contributed by atoms with Gasteiger partial charge >= 0.3 is 0 Å². The number of unbranched alkanes of at least 4 members (excludes halogenated alkanes) is 3. The number of benzene rings is 1. The molecule has 1 aromatic carbocycles. The first kappa shape index (κ1) is 13.1. The van der Waals surface area contributed by atoms with Crippen LogP contribution < -0.4 is 4.74 Å². The Hall–Kier alpha value is -0.980. The topological polar surface area (TPSA) is 9.23 Å². The Morgan fingerprint density at radius 1 is 1.00 bits per heavy atom. The maximum absolute atomic E-state index is 5.73. The Labute approximate surface area is 99.8 Å². The summed E-state index contributed by atoms with van der Waals surface area (Å²) in [6, 6.07) is 8.53. The molecule has 0 saturated carbocycles. The number of aryl methyl sites for hydroxylation is 1. The highest BCUT2D eigenvalue weighted by Crippen LogP contribution is 2.15. The Kier molecular flexibility index (Phi) is 6.71. The van der Waals surface area contributed by atoms with Gasteiger partial charge in [0.2, 0.25) is 0 Å². The highest BCUT2D eigenvalue weighted by Gasteiger charge is 1.96. The van der Waals surface area contributed by atoms with Crippen molar-refractivity contribution in [2.75, 3.05) is 6.61 Å². The van der Waals surface area contributed by atoms with Crippen LogP contribution in [0.3, 0.4) is 0 Å². The summed E-state index contributed by atoms with van der Waals surface area (Å²) in [5, 5.41) is 0. The Balaban J connectivity index is 2.35. The van der Waals surface area contributed by atoms with Gasteiger partial charge in [0.1, 0.15) is 5.75 Å². The summed E-state index contributed by atoms with van der Waals surface area (Å²) in [6.07, 6.45) is 7.36. The van der Waals surface area contributed by atoms with Crippen molar-refractivity contribution in [1.82, 2.24) is 0 Å². The quantitative estimate of drug-likeness (QED) is 0.582. The van der Waals surface area contributed by atoms with Crippen LogP contribution in [0.1, 0.15) is 51.5 Å². The highest BCUT2D eigenvalue weighted by atomic mass is 16.5. The summed E-state index contributed by atoms with van der Waals surface area (Å²) in [6.45, 7) is 5.29. The van der Waals surface area contributed by atoms with Crippen molar-refractivity contribution in [3.05, 3.63) is 29.8 Å². The van der Waals surface area contributed by atoms with Gasteiger partial charge in [-0.05, 0) is 37.0 Å². The first-order valence-electron chi connectivity index (χ1n) is 6.58. The van der Waals surface area contributed by atoms with Crippen LogP contribution in [0.2, 0.25) is 0 Å². The molecule has 0 radical (unpaired) electrons. The molecule has 90 valence electrons. The molecule has 0 bridgehead atoms. The van der Waals surface area contributed by atoms with E-state index in [2.05, 4.69) is 38.1 Å². The van der Waals surface area contributed by atoms with Gasteiger partial charge in [-0.25, -0.2) is 0 Å². The van der Waals surface area contributed by atoms with E-state index in [1.165, 1.54) is 37.7 Å². The molecule has 1 nitrogen and oxygen atoms in total. The van der Waals surface area contributed by atoms with Crippen LogP contribution in [0.15, 0.2) is 24.3 Å². The third kappa shape index (κ3) is 5.20. The summed E-state index contributed by atoms with van der Waals surface area (Å²) in [7, 11) is 0. The van der Waals surface area contributed by atoms with Crippen LogP contribution in [0.25, 0.3) is 0 Å². The fourth-order valence-corrected chi connectivity index (χ4v) is 1.71. The van der Waals surface area contributed by atoms with Crippen LogP contribution in [0, 0.1) is 0 Å². The number of ether oxygens (including phenoxy) is 1. The first-order valence-corrected chi connectivity index (χ1v) is 6.58. The van der Waals surface area contributed by atoms with E-state index in [9.17, 15) is 0 Å². The van der Waals surface area contributed by atoms with E-state index >= 15 is 0 Å². The van der Waals surface area contributed by atoms with E-state index < -0.39 is 0 Å². The summed E-state index contributed by atoms with van der Waals surface area (Å²) < 4.78 is 5.73. The second kappa shape index (κ2) is 8.20. The molecule has 0 heterocycles. The fourth-order valence-electron chi connectivity index (χ4n) is 1.71. The molecule has 0 unspecified atom stereocenters. The van der Waals surface area contributed by atoms with Crippen LogP contribution in [-0.4, -0.2) is 6.61 Å². The number of hydrogen-bond donors (Lipinski definition) is 0. The molecule has 0 atom stereocenters. The van der Waals surface area contributed by atoms with Crippen LogP contribution >= 0.6 is 0 Å². The Morgan fingerprint density at radius 2 is 1.81 bits per heavy atom. The molecule has 16 heavy (non-hydrogen) atoms. The zero-order valence-corrected chi connectivity index (χ0v) is 10.7. The first-order chi connectivity index (χ1) is 7.86. The highest BCUT2D eigenvalue weighted by molar-refractivity contribution is 5.28. The minimum absolute atomic E-state index is 0.852. The SMILES string of the molecule is CCCCCOc1cccc(CCCC)c1. The van der Waals surface area contributed by atoms with Crippen molar-refractivity contribution >= 4 is 0 Å². The van der Waals surface area contributed by atoms with E-state index in [-0.39, 0.29) is 0 Å². The summed E-state index contributed by atoms with van der Waals surface area (Å²) >= 11 is 0. The minimum atomic E-state index is 0.852. The van der Waals surface area contributed by atoms with E-state index in [1.54, 1.807) is 0 Å². The maximum Gasteiger partial charge on any atom is 0.119 e. The molecule has 0 saturated heterocycles. The zero-order chi connectivity index (χ0) is 11.6. The standard InChI is InChI=1S/C15H24O/c1-3-5-7-12-16-15-11-8-10-14(13-15)9-6-4-2/h8,10-11,13H,3-7,9,12H2,1-2H3. The lowest BCUT2D eigenvalue weighted by Crippen LogP contribution is -1.97. The molecule has 0 aromatic heterocycles. The number of rotatable bonds is 8. The maximum atomic E-state index is 5.73. The predicted octanol–water partition coefficient (Wildman–Crippen LogP) is 4.60. The van der Waals surface area contributed by atoms with Gasteiger partial charge in [-0.3, -0.25) is 0 Å². The van der Waals surface area contributed by atoms with Gasteiger partial charge < -0.3 is 4.74 Å². The monoisotopic (exact) mass is 220 g/mol. The molecule has 0 N–H and O–H groups in total. The fraction of sp³-hybridized carbons (Fsp3) is 0.600. The van der Waals surface area contributed by atoms with E-state index in [0.717, 1.165) is 18.8 Å². The lowest BCUT2D eigenvalue weighted by Gasteiger charge is -2.07. The van der Waals surface area contributed by atoms with Gasteiger partial charge in [0, 0.05) is 0 Å². The molecular weight excluding hydrogens is 196 g/mol. The summed E-state index contributed by atoms with van der Waals surface area (Å²) in [4.78, 5) is 0. The number of hydrogen-bond acceptors (Lipinski definition) is 1. The van der Waals surface area contributed by atoms with Crippen molar-refractivity contribution < 1.29 is 4.74 Å². The predicted molar refractivity (Wildman–Crippen MR) is 70.1 cm³/mol. The lowest BCUT2D eigenvalue weighted by atomic mass is 10.1. The zero-order valence-electron chi connectivity index (χ0n) is 10.7. The van der Waals surface area contributed by atoms with Crippen molar-refractivity contribution in [2.24, 2.45) is 0 Å². The van der Waals surface area contributed by atoms with Crippen molar-refractivity contribution in [3.63, 3.8) is 0 Å². The average Bonchev–Trinajstić information content (AvgIpc) is 2.33. The molecular formula is C15H24O. The minimum Gasteiger partial charge on any atom is -0.494 e. The van der Waals surface area contributed by atoms with Crippen LogP contribution in [0.5, 0.6) is 5.75 Å². The van der Waals surface area contributed by atoms with Crippen molar-refractivity contribution in [3.8, 4) is 5.75 Å². The molecule has 0 aliphatic rings. The molecule has 0 aliphatic heterocycles. The summed E-state index contributed by atoms with van der Waals surface area (Å²) in [5.74, 6) is 1.03. The van der Waals surface area contributed by atoms with Gasteiger partial charge in [-0.2, -0.15) is 0 Å². The third-order valence-electron chi connectivity index (χ3n) is 2.73. The Bertz CT molecular complexity index is 281. The molecule has 0 aliphatic carbocycles. The third-order valence-corrected chi connectivity index (χ3v) is 2.73. The summed E-state index contributed by atoms with van der Waals surface area (Å²) in [5.41, 5.74) is 1.40. The van der Waals surface area contributed by atoms with Crippen molar-refractivity contribution in [1.29, 1.82) is 0 Å². The molecule has 0 spiro atoms. The second-order valence-electron chi connectivity index (χ2n) is 4.31. The second-order valence-corrected chi connectivity index (χ2v) is 4.31. The normalized spacial score (nSPS) is 10.4. The molecule has 0 fully saturated rings. The van der Waals surface area contributed by atoms with Gasteiger partial charge in [0.15, 0.2) is 0 Å². The lowest BCUT2D eigenvalue weighted by molar-refractivity contribution is 0.306. The van der Waals surface area contributed by atoms with E-state index in [4.69, 9.17) is 4.74 Å². The van der Waals surface area contributed by atoms with Crippen LogP contribution in [-0.2, 0) is 6.42 Å². The van der Waals surface area contributed by atoms with E-state index in [1.807, 2.05) is 0 Å². The van der Waals surface area contributed by atoms with Gasteiger partial charge in [0.25, 0.3) is 0 Å². The average molecular weight is 220 g/mol. The van der Waals surface area contributed by atoms with Gasteiger partial charge in [-0.15, -0.1) is 0 Å². The van der Waals surface area contributed by atoms with E-state index in [0.29, 0.717) is 0 Å². The van der Waals surface area contributed by atoms with Crippen LogP contribution in [0.4, 0.5) is 0 Å². The molecule has 1 rings (SSSR count). The van der Waals surface area contributed by atoms with Crippen molar-refractivity contribution in [2.45, 2.75) is 52.4 Å². The Morgan fingerprint density at radius 3 is 2.56 bits per heavy atom. The molecule has 0 amide bonds.